The molecule has 2 atom stereocenters. The molecule has 0 bridgehead atoms. The molecule has 0 spiro atoms. The van der Waals surface area contributed by atoms with Crippen LogP contribution >= 0.6 is 0 Å². The molecule has 0 aliphatic heterocycles. The molecule has 298 valence electrons. The first-order chi connectivity index (χ1) is 28.8. The Labute approximate surface area is 353 Å². The molecule has 7 aromatic rings. The number of rotatable bonds is 13. The summed E-state index contributed by atoms with van der Waals surface area (Å²) in [5.41, 5.74) is 17.7. The van der Waals surface area contributed by atoms with Gasteiger partial charge in [-0.3, -0.25) is 4.98 Å². The Hall–Kier alpha value is -5.93. The average Bonchev–Trinajstić information content (AvgIpc) is 3.27. The fourth-order valence-corrected chi connectivity index (χ4v) is 9.66. The Morgan fingerprint density at radius 1 is 0.458 bits per heavy atom. The quantitative estimate of drug-likeness (QED) is 0.115. The van der Waals surface area contributed by atoms with Crippen molar-refractivity contribution in [1.82, 2.24) is 4.98 Å². The zero-order valence-electron chi connectivity index (χ0n) is 35.5. The maximum Gasteiger partial charge on any atom is 0.0657 e. The van der Waals surface area contributed by atoms with Gasteiger partial charge in [-0.15, -0.1) is 0 Å². The minimum absolute atomic E-state index is 0.0195. The summed E-state index contributed by atoms with van der Waals surface area (Å²) >= 11 is 0. The summed E-state index contributed by atoms with van der Waals surface area (Å²) in [6, 6.07) is 60.6. The van der Waals surface area contributed by atoms with Crippen molar-refractivity contribution < 1.29 is 0 Å². The molecule has 0 radical (unpaired) electrons. The van der Waals surface area contributed by atoms with E-state index in [9.17, 15) is 0 Å². The van der Waals surface area contributed by atoms with Crippen LogP contribution in [-0.2, 0) is 0 Å². The van der Waals surface area contributed by atoms with Gasteiger partial charge >= 0.3 is 0 Å². The van der Waals surface area contributed by atoms with Crippen molar-refractivity contribution in [3.8, 4) is 0 Å². The van der Waals surface area contributed by atoms with Crippen molar-refractivity contribution in [1.29, 1.82) is 0 Å². The monoisotopic (exact) mass is 773 g/mol. The number of aryl methyl sites for hydroxylation is 3. The molecule has 8 rings (SSSR count). The largest absolute Gasteiger partial charge is 0.377 e. The number of anilines is 2. The molecule has 1 aromatic heterocycles. The highest BCUT2D eigenvalue weighted by molar-refractivity contribution is 5.68. The number of benzene rings is 6. The van der Waals surface area contributed by atoms with Crippen molar-refractivity contribution >= 4 is 11.4 Å². The van der Waals surface area contributed by atoms with E-state index in [0.29, 0.717) is 5.92 Å². The molecular formula is C56H59N3. The third kappa shape index (κ3) is 9.05. The van der Waals surface area contributed by atoms with Crippen LogP contribution in [0.4, 0.5) is 11.4 Å². The van der Waals surface area contributed by atoms with Gasteiger partial charge in [0.15, 0.2) is 0 Å². The Morgan fingerprint density at radius 3 is 1.37 bits per heavy atom. The van der Waals surface area contributed by atoms with Gasteiger partial charge < -0.3 is 10.6 Å². The number of hydrogen-bond donors (Lipinski definition) is 2. The smallest absolute Gasteiger partial charge is 0.0657 e. The van der Waals surface area contributed by atoms with E-state index < -0.39 is 0 Å². The average molecular weight is 774 g/mol. The Kier molecular flexibility index (Phi) is 12.4. The highest BCUT2D eigenvalue weighted by Gasteiger charge is 2.30. The fraction of sp³-hybridized carbons (Fsp3) is 0.268. The third-order valence-electron chi connectivity index (χ3n) is 12.5. The lowest BCUT2D eigenvalue weighted by atomic mass is 9.75. The van der Waals surface area contributed by atoms with Crippen molar-refractivity contribution in [3.63, 3.8) is 0 Å². The molecule has 2 unspecified atom stereocenters. The predicted octanol–water partition coefficient (Wildman–Crippen LogP) is 14.8. The normalized spacial score (nSPS) is 14.3. The maximum atomic E-state index is 5.37. The molecule has 3 heteroatoms. The molecule has 6 aromatic carbocycles. The van der Waals surface area contributed by atoms with E-state index in [2.05, 4.69) is 209 Å². The molecule has 1 fully saturated rings. The maximum absolute atomic E-state index is 5.37. The molecule has 2 N–H and O–H groups in total. The number of nitrogens with zero attached hydrogens (tertiary/aromatic N) is 1. The van der Waals surface area contributed by atoms with E-state index in [1.54, 1.807) is 0 Å². The molecule has 1 saturated carbocycles. The fourth-order valence-electron chi connectivity index (χ4n) is 9.66. The van der Waals surface area contributed by atoms with Crippen LogP contribution in [0.3, 0.4) is 0 Å². The molecule has 3 nitrogen and oxygen atoms in total. The van der Waals surface area contributed by atoms with Crippen molar-refractivity contribution in [2.45, 2.75) is 96.6 Å². The van der Waals surface area contributed by atoms with Crippen LogP contribution in [0.5, 0.6) is 0 Å². The van der Waals surface area contributed by atoms with Gasteiger partial charge in [0.2, 0.25) is 0 Å². The molecular weight excluding hydrogens is 715 g/mol. The highest BCUT2D eigenvalue weighted by atomic mass is 15.0. The first kappa shape index (κ1) is 39.9. The van der Waals surface area contributed by atoms with Crippen molar-refractivity contribution in [2.24, 2.45) is 0 Å². The molecule has 1 aliphatic carbocycles. The first-order valence-electron chi connectivity index (χ1n) is 21.8. The first-order valence-corrected chi connectivity index (χ1v) is 21.8. The topological polar surface area (TPSA) is 37.0 Å². The van der Waals surface area contributed by atoms with Crippen LogP contribution < -0.4 is 10.6 Å². The number of pyridine rings is 1. The van der Waals surface area contributed by atoms with E-state index in [4.69, 9.17) is 4.98 Å². The summed E-state index contributed by atoms with van der Waals surface area (Å²) in [6.07, 6.45) is 6.22. The summed E-state index contributed by atoms with van der Waals surface area (Å²) in [5.74, 6) is 0.567. The number of nitrogens with one attached hydrogen (secondary N) is 2. The van der Waals surface area contributed by atoms with Gasteiger partial charge in [-0.1, -0.05) is 176 Å². The van der Waals surface area contributed by atoms with E-state index in [1.165, 1.54) is 99.1 Å². The Balaban J connectivity index is 1.29. The minimum atomic E-state index is -0.0387. The summed E-state index contributed by atoms with van der Waals surface area (Å²) in [4.78, 5) is 5.37. The van der Waals surface area contributed by atoms with E-state index >= 15 is 0 Å². The van der Waals surface area contributed by atoms with Crippen molar-refractivity contribution in [3.05, 3.63) is 231 Å². The lowest BCUT2D eigenvalue weighted by Crippen LogP contribution is -2.19. The van der Waals surface area contributed by atoms with E-state index in [0.717, 1.165) is 11.4 Å². The molecule has 59 heavy (non-hydrogen) atoms. The summed E-state index contributed by atoms with van der Waals surface area (Å²) in [5, 5.41) is 8.03. The molecule has 1 heterocycles. The number of hydrogen-bond acceptors (Lipinski definition) is 3. The molecule has 0 amide bonds. The third-order valence-corrected chi connectivity index (χ3v) is 12.5. The second-order valence-corrected chi connectivity index (χ2v) is 16.9. The van der Waals surface area contributed by atoms with Crippen LogP contribution in [-0.4, -0.2) is 4.98 Å². The molecule has 1 aliphatic rings. The second kappa shape index (κ2) is 18.3. The van der Waals surface area contributed by atoms with Gasteiger partial charge in [-0.05, 0) is 116 Å². The summed E-state index contributed by atoms with van der Waals surface area (Å²) in [7, 11) is 0. The van der Waals surface area contributed by atoms with E-state index in [-0.39, 0.29) is 23.9 Å². The lowest BCUT2D eigenvalue weighted by Gasteiger charge is -2.33. The zero-order valence-corrected chi connectivity index (χ0v) is 35.5. The standard InChI is InChI=1S/C56H59N3/c1-38-34-39(2)55(40(3)35-38)57-41(4)51-32-21-33-52(59-51)42(5)58-56-49(43-22-11-6-12-23-43)36-48(53(44-24-13-7-14-25-44)45-26-15-8-16-27-45)37-50(56)54(46-28-17-9-18-29-46)47-30-19-10-20-31-47/h7-10,13-21,24-37,41-43,53-54,57-58H,6,11-12,22-23H2,1-5H3. The van der Waals surface area contributed by atoms with Gasteiger partial charge in [0.25, 0.3) is 0 Å². The number of aromatic nitrogens is 1. The SMILES string of the molecule is Cc1cc(C)c(NC(C)c2cccc(C(C)Nc3c(C4CCCCC4)cc(C(c4ccccc4)c4ccccc4)cc3C(c3ccccc3)c3ccccc3)n2)c(C)c1. The van der Waals surface area contributed by atoms with Gasteiger partial charge in [-0.2, -0.15) is 0 Å². The van der Waals surface area contributed by atoms with E-state index in [1.807, 2.05) is 0 Å². The van der Waals surface area contributed by atoms with Crippen LogP contribution in [0.2, 0.25) is 0 Å². The van der Waals surface area contributed by atoms with Crippen LogP contribution in [0, 0.1) is 20.8 Å². The minimum Gasteiger partial charge on any atom is -0.377 e. The zero-order chi connectivity index (χ0) is 40.7. The lowest BCUT2D eigenvalue weighted by molar-refractivity contribution is 0.443. The second-order valence-electron chi connectivity index (χ2n) is 16.9. The highest BCUT2D eigenvalue weighted by Crippen LogP contribution is 2.47. The van der Waals surface area contributed by atoms with Gasteiger partial charge in [-0.25, -0.2) is 0 Å². The van der Waals surface area contributed by atoms with Crippen LogP contribution in [0.1, 0.15) is 143 Å². The van der Waals surface area contributed by atoms with Gasteiger partial charge in [0.1, 0.15) is 0 Å². The van der Waals surface area contributed by atoms with Crippen LogP contribution in [0.15, 0.2) is 164 Å². The molecule has 0 saturated heterocycles. The Bertz CT molecular complexity index is 2330. The predicted molar refractivity (Wildman–Crippen MR) is 249 cm³/mol. The van der Waals surface area contributed by atoms with Crippen LogP contribution in [0.25, 0.3) is 0 Å². The Morgan fingerprint density at radius 2 is 0.898 bits per heavy atom. The van der Waals surface area contributed by atoms with Crippen molar-refractivity contribution in [2.75, 3.05) is 10.6 Å². The summed E-state index contributed by atoms with van der Waals surface area (Å²) in [6.45, 7) is 11.1. The van der Waals surface area contributed by atoms with Gasteiger partial charge in [0.05, 0.1) is 23.5 Å². The summed E-state index contributed by atoms with van der Waals surface area (Å²) < 4.78 is 0. The van der Waals surface area contributed by atoms with Gasteiger partial charge in [0, 0.05) is 23.2 Å².